The third-order valence-corrected chi connectivity index (χ3v) is 1.14. The number of hydrogen-bond donors (Lipinski definition) is 1. The van der Waals surface area contributed by atoms with E-state index in [1.807, 2.05) is 6.20 Å². The topological polar surface area (TPSA) is 21.3 Å². The zero-order valence-corrected chi connectivity index (χ0v) is 7.76. The molecule has 0 aliphatic carbocycles. The van der Waals surface area contributed by atoms with Gasteiger partial charge in [0.2, 0.25) is 0 Å². The molecule has 11 heavy (non-hydrogen) atoms. The standard InChI is InChI=1S/C9H19NO/c1-4-5-6-7-10-11-8-9(2)3/h6-7,9-10H,4-5,8H2,1-3H3. The molecule has 0 saturated carbocycles. The average Bonchev–Trinajstić information content (AvgIpc) is 1.96. The number of rotatable bonds is 6. The molecule has 0 bridgehead atoms. The Hall–Kier alpha value is -0.500. The summed E-state index contributed by atoms with van der Waals surface area (Å²) in [5, 5.41) is 0. The van der Waals surface area contributed by atoms with Gasteiger partial charge < -0.3 is 0 Å². The van der Waals surface area contributed by atoms with Gasteiger partial charge in [-0.25, -0.2) is 0 Å². The van der Waals surface area contributed by atoms with Crippen molar-refractivity contribution in [1.82, 2.24) is 5.48 Å². The molecule has 0 heterocycles. The van der Waals surface area contributed by atoms with E-state index in [2.05, 4.69) is 32.3 Å². The minimum atomic E-state index is 0.585. The minimum absolute atomic E-state index is 0.585. The molecule has 2 heteroatoms. The van der Waals surface area contributed by atoms with Crippen LogP contribution in [0.1, 0.15) is 33.6 Å². The zero-order chi connectivity index (χ0) is 8.53. The summed E-state index contributed by atoms with van der Waals surface area (Å²) in [5.74, 6) is 0.585. The molecule has 66 valence electrons. The lowest BCUT2D eigenvalue weighted by molar-refractivity contribution is 0.0513. The first kappa shape index (κ1) is 10.5. The zero-order valence-electron chi connectivity index (χ0n) is 7.76. The number of hydroxylamine groups is 1. The predicted molar refractivity (Wildman–Crippen MR) is 48.0 cm³/mol. The van der Waals surface area contributed by atoms with Crippen molar-refractivity contribution in [1.29, 1.82) is 0 Å². The summed E-state index contributed by atoms with van der Waals surface area (Å²) >= 11 is 0. The van der Waals surface area contributed by atoms with Crippen LogP contribution in [-0.2, 0) is 4.84 Å². The van der Waals surface area contributed by atoms with E-state index in [0.717, 1.165) is 13.0 Å². The molecular weight excluding hydrogens is 138 g/mol. The highest BCUT2D eigenvalue weighted by molar-refractivity contribution is 4.75. The Balaban J connectivity index is 3.01. The summed E-state index contributed by atoms with van der Waals surface area (Å²) < 4.78 is 0. The van der Waals surface area contributed by atoms with E-state index in [9.17, 15) is 0 Å². The SMILES string of the molecule is CCCC=CNOCC(C)C. The summed E-state index contributed by atoms with van der Waals surface area (Å²) in [6.45, 7) is 7.16. The second-order valence-corrected chi connectivity index (χ2v) is 3.01. The molecule has 0 unspecified atom stereocenters. The van der Waals surface area contributed by atoms with Crippen molar-refractivity contribution < 1.29 is 4.84 Å². The van der Waals surface area contributed by atoms with Gasteiger partial charge in [0.15, 0.2) is 0 Å². The molecule has 2 nitrogen and oxygen atoms in total. The fourth-order valence-electron chi connectivity index (χ4n) is 0.561. The fourth-order valence-corrected chi connectivity index (χ4v) is 0.561. The second-order valence-electron chi connectivity index (χ2n) is 3.01. The van der Waals surface area contributed by atoms with Gasteiger partial charge in [-0.1, -0.05) is 33.3 Å². The highest BCUT2D eigenvalue weighted by Crippen LogP contribution is 1.90. The van der Waals surface area contributed by atoms with Crippen LogP contribution in [0.4, 0.5) is 0 Å². The van der Waals surface area contributed by atoms with Crippen molar-refractivity contribution >= 4 is 0 Å². The van der Waals surface area contributed by atoms with E-state index < -0.39 is 0 Å². The predicted octanol–water partition coefficient (Wildman–Crippen LogP) is 2.48. The van der Waals surface area contributed by atoms with Crippen LogP contribution in [0.15, 0.2) is 12.3 Å². The first-order valence-corrected chi connectivity index (χ1v) is 4.29. The Morgan fingerprint density at radius 1 is 1.45 bits per heavy atom. The van der Waals surface area contributed by atoms with Crippen LogP contribution >= 0.6 is 0 Å². The van der Waals surface area contributed by atoms with Crippen LogP contribution in [0, 0.1) is 5.92 Å². The van der Waals surface area contributed by atoms with Crippen LogP contribution in [0.3, 0.4) is 0 Å². The largest absolute Gasteiger partial charge is 0.276 e. The van der Waals surface area contributed by atoms with Gasteiger partial charge in [0.1, 0.15) is 0 Å². The molecule has 0 aromatic heterocycles. The summed E-state index contributed by atoms with van der Waals surface area (Å²) in [6.07, 6.45) is 6.21. The van der Waals surface area contributed by atoms with E-state index in [0.29, 0.717) is 5.92 Å². The third-order valence-electron chi connectivity index (χ3n) is 1.14. The monoisotopic (exact) mass is 157 g/mol. The molecule has 0 saturated heterocycles. The van der Waals surface area contributed by atoms with E-state index in [1.54, 1.807) is 0 Å². The first-order valence-electron chi connectivity index (χ1n) is 4.29. The number of hydrogen-bond acceptors (Lipinski definition) is 2. The van der Waals surface area contributed by atoms with Crippen LogP contribution in [-0.4, -0.2) is 6.61 Å². The first-order chi connectivity index (χ1) is 5.27. The van der Waals surface area contributed by atoms with Crippen LogP contribution in [0.5, 0.6) is 0 Å². The molecule has 1 N–H and O–H groups in total. The number of nitrogens with one attached hydrogen (secondary N) is 1. The summed E-state index contributed by atoms with van der Waals surface area (Å²) in [6, 6.07) is 0. The van der Waals surface area contributed by atoms with Crippen molar-refractivity contribution in [3.63, 3.8) is 0 Å². The van der Waals surface area contributed by atoms with Gasteiger partial charge in [-0.2, -0.15) is 0 Å². The molecule has 0 amide bonds. The van der Waals surface area contributed by atoms with Crippen molar-refractivity contribution in [2.24, 2.45) is 5.92 Å². The maximum atomic E-state index is 5.10. The number of unbranched alkanes of at least 4 members (excludes halogenated alkanes) is 1. The smallest absolute Gasteiger partial charge is 0.0768 e. The Morgan fingerprint density at radius 3 is 2.73 bits per heavy atom. The molecule has 0 spiro atoms. The van der Waals surface area contributed by atoms with E-state index in [1.165, 1.54) is 6.42 Å². The quantitative estimate of drug-likeness (QED) is 0.472. The van der Waals surface area contributed by atoms with E-state index in [4.69, 9.17) is 4.84 Å². The molecule has 0 aromatic carbocycles. The van der Waals surface area contributed by atoms with E-state index in [-0.39, 0.29) is 0 Å². The Kier molecular flexibility index (Phi) is 7.26. The molecule has 0 fully saturated rings. The van der Waals surface area contributed by atoms with Crippen molar-refractivity contribution in [3.8, 4) is 0 Å². The second kappa shape index (κ2) is 7.61. The molecule has 0 atom stereocenters. The Morgan fingerprint density at radius 2 is 2.18 bits per heavy atom. The van der Waals surface area contributed by atoms with E-state index >= 15 is 0 Å². The van der Waals surface area contributed by atoms with Gasteiger partial charge in [0, 0.05) is 6.20 Å². The molecule has 0 aliphatic rings. The maximum absolute atomic E-state index is 5.10. The summed E-state index contributed by atoms with van der Waals surface area (Å²) in [7, 11) is 0. The molecule has 0 radical (unpaired) electrons. The van der Waals surface area contributed by atoms with Gasteiger partial charge >= 0.3 is 0 Å². The van der Waals surface area contributed by atoms with Gasteiger partial charge in [0.05, 0.1) is 6.61 Å². The number of allylic oxidation sites excluding steroid dienone is 1. The van der Waals surface area contributed by atoms with Crippen LogP contribution in [0.25, 0.3) is 0 Å². The Bertz CT molecular complexity index is 99.7. The molecule has 0 aliphatic heterocycles. The summed E-state index contributed by atoms with van der Waals surface area (Å²) in [5.41, 5.74) is 2.77. The van der Waals surface area contributed by atoms with Crippen molar-refractivity contribution in [2.45, 2.75) is 33.6 Å². The van der Waals surface area contributed by atoms with Gasteiger partial charge in [-0.15, -0.1) is 0 Å². The van der Waals surface area contributed by atoms with Gasteiger partial charge in [-0.3, -0.25) is 10.3 Å². The lowest BCUT2D eigenvalue weighted by Crippen LogP contribution is -2.11. The minimum Gasteiger partial charge on any atom is -0.276 e. The van der Waals surface area contributed by atoms with Crippen LogP contribution < -0.4 is 5.48 Å². The third kappa shape index (κ3) is 9.50. The van der Waals surface area contributed by atoms with Crippen molar-refractivity contribution in [3.05, 3.63) is 12.3 Å². The lowest BCUT2D eigenvalue weighted by atomic mass is 10.2. The Labute approximate surface area is 69.6 Å². The lowest BCUT2D eigenvalue weighted by Gasteiger charge is -2.04. The highest BCUT2D eigenvalue weighted by atomic mass is 16.6. The highest BCUT2D eigenvalue weighted by Gasteiger charge is 1.89. The van der Waals surface area contributed by atoms with Gasteiger partial charge in [0.25, 0.3) is 0 Å². The van der Waals surface area contributed by atoms with Gasteiger partial charge in [-0.05, 0) is 12.3 Å². The normalized spacial score (nSPS) is 11.3. The molecule has 0 rings (SSSR count). The maximum Gasteiger partial charge on any atom is 0.0768 e. The fraction of sp³-hybridized carbons (Fsp3) is 0.778. The average molecular weight is 157 g/mol. The van der Waals surface area contributed by atoms with Crippen LogP contribution in [0.2, 0.25) is 0 Å². The summed E-state index contributed by atoms with van der Waals surface area (Å²) in [4.78, 5) is 5.10. The molecule has 0 aromatic rings. The van der Waals surface area contributed by atoms with Crippen molar-refractivity contribution in [2.75, 3.05) is 6.61 Å². The molecular formula is C9H19NO.